The number of rotatable bonds is 5. The van der Waals surface area contributed by atoms with Crippen LogP contribution in [0.3, 0.4) is 0 Å². The van der Waals surface area contributed by atoms with E-state index in [1.165, 1.54) is 15.6 Å². The van der Waals surface area contributed by atoms with Crippen LogP contribution in [-0.2, 0) is 14.8 Å². The second kappa shape index (κ2) is 7.08. The van der Waals surface area contributed by atoms with Crippen LogP contribution in [0, 0.1) is 13.8 Å². The Hall–Kier alpha value is -0.960. The summed E-state index contributed by atoms with van der Waals surface area (Å²) in [5, 5.41) is 2.95. The van der Waals surface area contributed by atoms with Crippen molar-refractivity contribution in [3.8, 4) is 0 Å². The first-order valence-corrected chi connectivity index (χ1v) is 9.61. The van der Waals surface area contributed by atoms with Crippen molar-refractivity contribution in [1.29, 1.82) is 0 Å². The molecule has 124 valence electrons. The molecule has 6 nitrogen and oxygen atoms in total. The van der Waals surface area contributed by atoms with Crippen molar-refractivity contribution in [3.05, 3.63) is 15.8 Å². The number of thiophene rings is 1. The van der Waals surface area contributed by atoms with Crippen LogP contribution in [0.5, 0.6) is 0 Å². The molecule has 1 saturated heterocycles. The highest BCUT2D eigenvalue weighted by Gasteiger charge is 2.31. The van der Waals surface area contributed by atoms with Gasteiger partial charge in [-0.25, -0.2) is 8.42 Å². The summed E-state index contributed by atoms with van der Waals surface area (Å²) in [6.07, 6.45) is 0.450. The molecule has 0 spiro atoms. The van der Waals surface area contributed by atoms with Crippen LogP contribution in [0.2, 0.25) is 0 Å². The highest BCUT2D eigenvalue weighted by atomic mass is 32.2. The molecule has 1 fully saturated rings. The molecule has 1 aromatic heterocycles. The van der Waals surface area contributed by atoms with Crippen LogP contribution in [0.4, 0.5) is 0 Å². The van der Waals surface area contributed by atoms with E-state index in [4.69, 9.17) is 0 Å². The van der Waals surface area contributed by atoms with Crippen LogP contribution in [0.15, 0.2) is 11.0 Å². The average Bonchev–Trinajstić information content (AvgIpc) is 2.84. The molecule has 0 aromatic carbocycles. The molecule has 1 aliphatic rings. The smallest absolute Gasteiger partial charge is 0.244 e. The van der Waals surface area contributed by atoms with Crippen molar-refractivity contribution in [1.82, 2.24) is 14.5 Å². The first kappa shape index (κ1) is 17.4. The number of piperazine rings is 1. The Morgan fingerprint density at radius 2 is 1.91 bits per heavy atom. The Bertz CT molecular complexity index is 632. The lowest BCUT2D eigenvalue weighted by Crippen LogP contribution is -2.50. The van der Waals surface area contributed by atoms with E-state index in [1.807, 2.05) is 20.9 Å². The van der Waals surface area contributed by atoms with E-state index < -0.39 is 10.0 Å². The second-order valence-corrected chi connectivity index (χ2v) is 8.78. The maximum Gasteiger partial charge on any atom is 0.244 e. The molecule has 0 aliphatic carbocycles. The number of hydrogen-bond donors (Lipinski definition) is 1. The van der Waals surface area contributed by atoms with Crippen LogP contribution >= 0.6 is 11.3 Å². The third kappa shape index (κ3) is 3.68. The van der Waals surface area contributed by atoms with Gasteiger partial charge in [0.25, 0.3) is 0 Å². The number of hydrogen-bond acceptors (Lipinski definition) is 5. The molecule has 0 bridgehead atoms. The van der Waals surface area contributed by atoms with Crippen molar-refractivity contribution in [2.45, 2.75) is 25.2 Å². The van der Waals surface area contributed by atoms with Crippen molar-refractivity contribution in [2.24, 2.45) is 0 Å². The van der Waals surface area contributed by atoms with Gasteiger partial charge in [-0.15, -0.1) is 11.3 Å². The van der Waals surface area contributed by atoms with Gasteiger partial charge in [0.15, 0.2) is 0 Å². The summed E-state index contributed by atoms with van der Waals surface area (Å²) in [6, 6.07) is 1.74. The lowest BCUT2D eigenvalue weighted by atomic mass is 10.3. The van der Waals surface area contributed by atoms with Gasteiger partial charge >= 0.3 is 0 Å². The van der Waals surface area contributed by atoms with E-state index in [-0.39, 0.29) is 5.91 Å². The molecule has 0 radical (unpaired) electrons. The number of nitrogens with one attached hydrogen (secondary N) is 1. The normalized spacial score (nSPS) is 17.0. The lowest BCUT2D eigenvalue weighted by Gasteiger charge is -2.34. The van der Waals surface area contributed by atoms with E-state index in [9.17, 15) is 13.2 Å². The zero-order valence-electron chi connectivity index (χ0n) is 13.3. The fraction of sp³-hybridized carbons (Fsp3) is 0.643. The second-order valence-electron chi connectivity index (χ2n) is 5.42. The number of amides is 1. The first-order valence-electron chi connectivity index (χ1n) is 7.36. The minimum Gasteiger partial charge on any atom is -0.340 e. The number of carbonyl (C=O) groups is 1. The molecular formula is C14H23N3O3S2. The zero-order chi connectivity index (χ0) is 16.3. The van der Waals surface area contributed by atoms with Crippen LogP contribution in [0.1, 0.15) is 16.2 Å². The van der Waals surface area contributed by atoms with E-state index in [0.717, 1.165) is 9.75 Å². The minimum absolute atomic E-state index is 0.0777. The maximum atomic E-state index is 12.7. The molecule has 22 heavy (non-hydrogen) atoms. The molecular weight excluding hydrogens is 322 g/mol. The third-order valence-corrected chi connectivity index (χ3v) is 6.91. The Balaban J connectivity index is 2.02. The van der Waals surface area contributed by atoms with Crippen molar-refractivity contribution >= 4 is 27.3 Å². The van der Waals surface area contributed by atoms with Gasteiger partial charge in [-0.05, 0) is 27.0 Å². The van der Waals surface area contributed by atoms with E-state index in [0.29, 0.717) is 44.0 Å². The third-order valence-electron chi connectivity index (χ3n) is 3.79. The summed E-state index contributed by atoms with van der Waals surface area (Å²) in [6.45, 7) is 6.04. The molecule has 0 unspecified atom stereocenters. The molecule has 1 aliphatic heterocycles. The largest absolute Gasteiger partial charge is 0.340 e. The van der Waals surface area contributed by atoms with Gasteiger partial charge in [0.1, 0.15) is 0 Å². The quantitative estimate of drug-likeness (QED) is 0.857. The van der Waals surface area contributed by atoms with Gasteiger partial charge in [-0.1, -0.05) is 0 Å². The highest BCUT2D eigenvalue weighted by Crippen LogP contribution is 2.28. The summed E-state index contributed by atoms with van der Waals surface area (Å²) >= 11 is 1.50. The predicted molar refractivity (Wildman–Crippen MR) is 87.7 cm³/mol. The summed E-state index contributed by atoms with van der Waals surface area (Å²) in [5.41, 5.74) is 0. The topological polar surface area (TPSA) is 69.7 Å². The number of sulfonamides is 1. The van der Waals surface area contributed by atoms with E-state index in [1.54, 1.807) is 11.0 Å². The average molecular weight is 345 g/mol. The van der Waals surface area contributed by atoms with Gasteiger partial charge < -0.3 is 10.2 Å². The van der Waals surface area contributed by atoms with E-state index in [2.05, 4.69) is 5.32 Å². The molecule has 2 heterocycles. The number of carbonyl (C=O) groups excluding carboxylic acids is 1. The molecule has 1 amide bonds. The Kier molecular flexibility index (Phi) is 5.60. The summed E-state index contributed by atoms with van der Waals surface area (Å²) < 4.78 is 26.9. The Morgan fingerprint density at radius 1 is 1.27 bits per heavy atom. The number of aryl methyl sites for hydroxylation is 2. The fourth-order valence-corrected chi connectivity index (χ4v) is 5.52. The Labute approximate surface area is 136 Å². The SMILES string of the molecule is CNCCC(=O)N1CCN(S(=O)(=O)c2cc(C)sc2C)CC1. The standard InChI is InChI=1S/C14H23N3O3S2/c1-11-10-13(12(2)21-11)22(19,20)17-8-6-16(7-9-17)14(18)4-5-15-3/h10,15H,4-9H2,1-3H3. The van der Waals surface area contributed by atoms with Gasteiger partial charge in [-0.3, -0.25) is 4.79 Å². The summed E-state index contributed by atoms with van der Waals surface area (Å²) in [7, 11) is -1.64. The van der Waals surface area contributed by atoms with Gasteiger partial charge in [0, 0.05) is 48.9 Å². The predicted octanol–water partition coefficient (Wildman–Crippen LogP) is 0.807. The summed E-state index contributed by atoms with van der Waals surface area (Å²) in [4.78, 5) is 15.9. The Morgan fingerprint density at radius 3 is 2.41 bits per heavy atom. The van der Waals surface area contributed by atoms with Gasteiger partial charge in [-0.2, -0.15) is 4.31 Å². The molecule has 0 saturated carbocycles. The molecule has 1 aromatic rings. The van der Waals surface area contributed by atoms with Gasteiger partial charge in [0.2, 0.25) is 15.9 Å². The highest BCUT2D eigenvalue weighted by molar-refractivity contribution is 7.89. The molecule has 1 N–H and O–H groups in total. The van der Waals surface area contributed by atoms with Crippen molar-refractivity contribution in [2.75, 3.05) is 39.8 Å². The maximum absolute atomic E-state index is 12.7. The van der Waals surface area contributed by atoms with Crippen LogP contribution < -0.4 is 5.32 Å². The summed E-state index contributed by atoms with van der Waals surface area (Å²) in [5.74, 6) is 0.0777. The molecule has 2 rings (SSSR count). The lowest BCUT2D eigenvalue weighted by molar-refractivity contribution is -0.132. The first-order chi connectivity index (χ1) is 10.4. The molecule has 0 atom stereocenters. The number of nitrogens with zero attached hydrogens (tertiary/aromatic N) is 2. The fourth-order valence-electron chi connectivity index (χ4n) is 2.57. The van der Waals surface area contributed by atoms with Gasteiger partial charge in [0.05, 0.1) is 4.90 Å². The monoisotopic (exact) mass is 345 g/mol. The zero-order valence-corrected chi connectivity index (χ0v) is 14.9. The minimum atomic E-state index is -3.44. The van der Waals surface area contributed by atoms with Crippen LogP contribution in [0.25, 0.3) is 0 Å². The van der Waals surface area contributed by atoms with Crippen molar-refractivity contribution in [3.63, 3.8) is 0 Å². The molecule has 8 heteroatoms. The van der Waals surface area contributed by atoms with Crippen LogP contribution in [-0.4, -0.2) is 63.3 Å². The van der Waals surface area contributed by atoms with Crippen molar-refractivity contribution < 1.29 is 13.2 Å². The van der Waals surface area contributed by atoms with E-state index >= 15 is 0 Å².